The summed E-state index contributed by atoms with van der Waals surface area (Å²) in [5.74, 6) is -0.0173. The minimum atomic E-state index is -0.0173. The van der Waals surface area contributed by atoms with Gasteiger partial charge in [-0.1, -0.05) is 36.7 Å². The van der Waals surface area contributed by atoms with Gasteiger partial charge in [-0.3, -0.25) is 4.79 Å². The molecule has 5 heteroatoms. The molecule has 0 saturated heterocycles. The number of benzene rings is 1. The summed E-state index contributed by atoms with van der Waals surface area (Å²) in [6, 6.07) is 7.19. The van der Waals surface area contributed by atoms with Crippen LogP contribution in [-0.2, 0) is 0 Å². The van der Waals surface area contributed by atoms with Gasteiger partial charge in [0.2, 0.25) is 0 Å². The molecule has 1 saturated carbocycles. The van der Waals surface area contributed by atoms with E-state index < -0.39 is 0 Å². The maximum atomic E-state index is 12.5. The van der Waals surface area contributed by atoms with Crippen LogP contribution in [0.25, 0.3) is 0 Å². The third-order valence-electron chi connectivity index (χ3n) is 3.44. The summed E-state index contributed by atoms with van der Waals surface area (Å²) in [5, 5.41) is 0.623. The molecule has 0 aliphatic heterocycles. The van der Waals surface area contributed by atoms with Crippen LogP contribution in [0, 0.1) is 0 Å². The summed E-state index contributed by atoms with van der Waals surface area (Å²) < 4.78 is 0. The van der Waals surface area contributed by atoms with Crippen molar-refractivity contribution in [2.45, 2.75) is 31.7 Å². The number of halogens is 1. The lowest BCUT2D eigenvalue weighted by atomic mass is 10.1. The molecule has 1 aromatic carbocycles. The fraction of sp³-hybridized carbons (Fsp3) is 0.429. The highest BCUT2D eigenvalue weighted by atomic mass is 35.5. The molecule has 3 nitrogen and oxygen atoms in total. The molecule has 19 heavy (non-hydrogen) atoms. The first-order valence-corrected chi connectivity index (χ1v) is 7.21. The molecule has 0 aromatic heterocycles. The molecule has 1 amide bonds. The van der Waals surface area contributed by atoms with E-state index in [2.05, 4.69) is 0 Å². The molecule has 0 atom stereocenters. The Morgan fingerprint density at radius 3 is 2.42 bits per heavy atom. The first kappa shape index (κ1) is 14.3. The van der Waals surface area contributed by atoms with Crippen LogP contribution in [0.2, 0.25) is 5.02 Å². The van der Waals surface area contributed by atoms with Crippen molar-refractivity contribution < 1.29 is 4.79 Å². The topological polar surface area (TPSA) is 46.3 Å². The van der Waals surface area contributed by atoms with E-state index in [0.29, 0.717) is 22.1 Å². The summed E-state index contributed by atoms with van der Waals surface area (Å²) in [5.41, 5.74) is 6.25. The molecule has 1 fully saturated rings. The lowest BCUT2D eigenvalue weighted by molar-refractivity contribution is 0.0714. The highest BCUT2D eigenvalue weighted by molar-refractivity contribution is 7.80. The van der Waals surface area contributed by atoms with Crippen molar-refractivity contribution >= 4 is 34.7 Å². The Labute approximate surface area is 123 Å². The van der Waals surface area contributed by atoms with Gasteiger partial charge in [-0.15, -0.1) is 0 Å². The van der Waals surface area contributed by atoms with Gasteiger partial charge in [-0.2, -0.15) is 0 Å². The van der Waals surface area contributed by atoms with Crippen molar-refractivity contribution in [1.82, 2.24) is 4.90 Å². The maximum Gasteiger partial charge on any atom is 0.254 e. The lowest BCUT2D eigenvalue weighted by Crippen LogP contribution is -2.43. The van der Waals surface area contributed by atoms with Crippen LogP contribution in [0.4, 0.5) is 0 Å². The van der Waals surface area contributed by atoms with Gasteiger partial charge in [0, 0.05) is 16.6 Å². The van der Waals surface area contributed by atoms with Gasteiger partial charge in [0.25, 0.3) is 5.91 Å². The zero-order valence-electron chi connectivity index (χ0n) is 10.6. The molecule has 0 bridgehead atoms. The van der Waals surface area contributed by atoms with Crippen LogP contribution in [0.3, 0.4) is 0 Å². The van der Waals surface area contributed by atoms with E-state index in [4.69, 9.17) is 29.6 Å². The van der Waals surface area contributed by atoms with Crippen molar-refractivity contribution in [3.63, 3.8) is 0 Å². The Morgan fingerprint density at radius 2 is 1.89 bits per heavy atom. The van der Waals surface area contributed by atoms with Gasteiger partial charge in [0.1, 0.15) is 0 Å². The Morgan fingerprint density at radius 1 is 1.32 bits per heavy atom. The lowest BCUT2D eigenvalue weighted by Gasteiger charge is -2.28. The maximum absolute atomic E-state index is 12.5. The molecule has 0 heterocycles. The third-order valence-corrected chi connectivity index (χ3v) is 3.82. The zero-order chi connectivity index (χ0) is 13.8. The average molecular weight is 297 g/mol. The Hall–Kier alpha value is -1.13. The highest BCUT2D eigenvalue weighted by Gasteiger charge is 2.27. The zero-order valence-corrected chi connectivity index (χ0v) is 12.2. The van der Waals surface area contributed by atoms with E-state index >= 15 is 0 Å². The molecule has 1 aromatic rings. The molecular formula is C14H17ClN2OS. The number of hydrogen-bond acceptors (Lipinski definition) is 2. The fourth-order valence-corrected chi connectivity index (χ4v) is 2.77. The van der Waals surface area contributed by atoms with E-state index in [0.717, 1.165) is 25.7 Å². The number of amides is 1. The monoisotopic (exact) mass is 296 g/mol. The van der Waals surface area contributed by atoms with E-state index in [9.17, 15) is 4.79 Å². The second kappa shape index (κ2) is 6.35. The normalized spacial score (nSPS) is 15.4. The third kappa shape index (κ3) is 3.67. The Kier molecular flexibility index (Phi) is 4.77. The summed E-state index contributed by atoms with van der Waals surface area (Å²) in [6.07, 6.45) is 4.38. The average Bonchev–Trinajstić information content (AvgIpc) is 2.89. The number of carbonyl (C=O) groups excluding carboxylic acids is 1. The first-order chi connectivity index (χ1) is 9.08. The van der Waals surface area contributed by atoms with Crippen molar-refractivity contribution in [3.8, 4) is 0 Å². The Bertz CT molecular complexity index is 469. The molecule has 2 rings (SSSR count). The first-order valence-electron chi connectivity index (χ1n) is 6.43. The van der Waals surface area contributed by atoms with Crippen molar-refractivity contribution in [1.29, 1.82) is 0 Å². The van der Waals surface area contributed by atoms with Crippen LogP contribution in [0.1, 0.15) is 36.0 Å². The largest absolute Gasteiger partial charge is 0.392 e. The van der Waals surface area contributed by atoms with Crippen LogP contribution < -0.4 is 5.73 Å². The number of nitrogens with two attached hydrogens (primary N) is 1. The molecule has 2 N–H and O–H groups in total. The number of hydrogen-bond donors (Lipinski definition) is 1. The number of carbonyl (C=O) groups is 1. The quantitative estimate of drug-likeness (QED) is 0.869. The second-order valence-electron chi connectivity index (χ2n) is 4.84. The predicted octanol–water partition coefficient (Wildman–Crippen LogP) is 3.01. The van der Waals surface area contributed by atoms with Gasteiger partial charge in [0.05, 0.1) is 11.5 Å². The van der Waals surface area contributed by atoms with Gasteiger partial charge in [-0.25, -0.2) is 0 Å². The summed E-state index contributed by atoms with van der Waals surface area (Å²) in [4.78, 5) is 14.7. The van der Waals surface area contributed by atoms with Crippen LogP contribution in [0.15, 0.2) is 24.3 Å². The fourth-order valence-electron chi connectivity index (χ4n) is 2.51. The molecule has 0 unspecified atom stereocenters. The van der Waals surface area contributed by atoms with Crippen molar-refractivity contribution in [2.24, 2.45) is 5.73 Å². The van der Waals surface area contributed by atoms with E-state index in [1.165, 1.54) is 0 Å². The van der Waals surface area contributed by atoms with Gasteiger partial charge in [-0.05, 0) is 37.1 Å². The van der Waals surface area contributed by atoms with E-state index in [-0.39, 0.29) is 11.9 Å². The molecule has 102 valence electrons. The summed E-state index contributed by atoms with van der Waals surface area (Å²) in [7, 11) is 0. The Balaban J connectivity index is 2.18. The summed E-state index contributed by atoms with van der Waals surface area (Å²) in [6.45, 7) is 0.349. The molecule has 1 aliphatic rings. The standard InChI is InChI=1S/C14H17ClN2OS/c15-11-7-5-10(6-8-11)14(18)17(9-13(16)19)12-3-1-2-4-12/h5-8,12H,1-4,9H2,(H2,16,19). The minimum Gasteiger partial charge on any atom is -0.392 e. The van der Waals surface area contributed by atoms with Crippen LogP contribution in [-0.4, -0.2) is 28.4 Å². The van der Waals surface area contributed by atoms with Crippen LogP contribution >= 0.6 is 23.8 Å². The molecule has 1 aliphatic carbocycles. The molecule has 0 spiro atoms. The second-order valence-corrected chi connectivity index (χ2v) is 5.81. The van der Waals surface area contributed by atoms with Crippen molar-refractivity contribution in [2.75, 3.05) is 6.54 Å². The van der Waals surface area contributed by atoms with Gasteiger partial charge < -0.3 is 10.6 Å². The van der Waals surface area contributed by atoms with Gasteiger partial charge >= 0.3 is 0 Å². The summed E-state index contributed by atoms with van der Waals surface area (Å²) >= 11 is 10.8. The highest BCUT2D eigenvalue weighted by Crippen LogP contribution is 2.25. The van der Waals surface area contributed by atoms with Crippen LogP contribution in [0.5, 0.6) is 0 Å². The minimum absolute atomic E-state index is 0.0173. The van der Waals surface area contributed by atoms with Gasteiger partial charge in [0.15, 0.2) is 0 Å². The number of rotatable bonds is 4. The SMILES string of the molecule is NC(=S)CN(C(=O)c1ccc(Cl)cc1)C1CCCC1. The number of thiocarbonyl (C=S) groups is 1. The van der Waals surface area contributed by atoms with E-state index in [1.54, 1.807) is 29.2 Å². The van der Waals surface area contributed by atoms with Crippen molar-refractivity contribution in [3.05, 3.63) is 34.9 Å². The number of nitrogens with zero attached hydrogens (tertiary/aromatic N) is 1. The predicted molar refractivity (Wildman–Crippen MR) is 81.5 cm³/mol. The molecule has 0 radical (unpaired) electrons. The molecular weight excluding hydrogens is 280 g/mol. The smallest absolute Gasteiger partial charge is 0.254 e. The van der Waals surface area contributed by atoms with E-state index in [1.807, 2.05) is 0 Å².